The van der Waals surface area contributed by atoms with Crippen molar-refractivity contribution in [3.63, 3.8) is 0 Å². The van der Waals surface area contributed by atoms with Crippen LogP contribution < -0.4 is 10.0 Å². The minimum absolute atomic E-state index is 0.140. The number of nitrogens with one attached hydrogen (secondary N) is 2. The van der Waals surface area contributed by atoms with Crippen LogP contribution in [0.3, 0.4) is 0 Å². The molecule has 0 saturated heterocycles. The second-order valence-corrected chi connectivity index (χ2v) is 7.23. The number of anilines is 1. The van der Waals surface area contributed by atoms with Crippen LogP contribution in [-0.4, -0.2) is 30.9 Å². The Morgan fingerprint density at radius 3 is 2.63 bits per heavy atom. The number of sulfonamides is 1. The molecule has 2 heterocycles. The Morgan fingerprint density at radius 1 is 1.37 bits per heavy atom. The van der Waals surface area contributed by atoms with Crippen LogP contribution in [0.5, 0.6) is 0 Å². The van der Waals surface area contributed by atoms with Gasteiger partial charge in [-0.25, -0.2) is 18.1 Å². The Hall–Kier alpha value is -1.12. The fourth-order valence-electron chi connectivity index (χ4n) is 1.62. The molecule has 0 spiro atoms. The van der Waals surface area contributed by atoms with E-state index in [0.717, 1.165) is 0 Å². The van der Waals surface area contributed by atoms with Gasteiger partial charge in [0.2, 0.25) is 0 Å². The maximum absolute atomic E-state index is 12.5. The summed E-state index contributed by atoms with van der Waals surface area (Å²) < 4.78 is 29.3. The molecular weight excluding hydrogens is 284 g/mol. The van der Waals surface area contributed by atoms with E-state index in [9.17, 15) is 8.42 Å². The Balaban J connectivity index is 2.50. The van der Waals surface area contributed by atoms with Crippen molar-refractivity contribution < 1.29 is 8.42 Å². The normalized spacial score (nSPS) is 14.2. The molecule has 0 radical (unpaired) electrons. The quantitative estimate of drug-likeness (QED) is 0.882. The monoisotopic (exact) mass is 302 g/mol. The largest absolute Gasteiger partial charge is 0.371 e. The molecule has 0 saturated carbocycles. The summed E-state index contributed by atoms with van der Waals surface area (Å²) in [6.45, 7) is 5.80. The molecule has 0 aliphatic heterocycles. The van der Waals surface area contributed by atoms with Crippen molar-refractivity contribution in [2.45, 2.75) is 31.8 Å². The topological polar surface area (TPSA) is 75.5 Å². The summed E-state index contributed by atoms with van der Waals surface area (Å²) in [5.41, 5.74) is 0. The lowest BCUT2D eigenvalue weighted by Crippen LogP contribution is -2.36. The number of hydrogen-bond acceptors (Lipinski definition) is 5. The van der Waals surface area contributed by atoms with Crippen LogP contribution in [0.1, 0.15) is 20.8 Å². The lowest BCUT2D eigenvalue weighted by Gasteiger charge is -2.17. The summed E-state index contributed by atoms with van der Waals surface area (Å²) in [7, 11) is -1.94. The number of thiazole rings is 1. The van der Waals surface area contributed by atoms with Crippen LogP contribution in [0, 0.1) is 5.92 Å². The lowest BCUT2D eigenvalue weighted by molar-refractivity contribution is 0.475. The summed E-state index contributed by atoms with van der Waals surface area (Å²) in [4.78, 5) is 4.92. The van der Waals surface area contributed by atoms with E-state index >= 15 is 0 Å². The molecule has 6 nitrogen and oxygen atoms in total. The SMILES string of the molecule is CNc1nc2sccn2c1S(=O)(=O)NC(C)C(C)C. The minimum Gasteiger partial charge on any atom is -0.371 e. The number of aromatic nitrogens is 2. The Morgan fingerprint density at radius 2 is 2.05 bits per heavy atom. The third kappa shape index (κ3) is 2.60. The van der Waals surface area contributed by atoms with Gasteiger partial charge in [-0.3, -0.25) is 4.40 Å². The standard InChI is InChI=1S/C11H18N4O2S2/c1-7(2)8(3)14-19(16,17)10-9(12-4)13-11-15(10)5-6-18-11/h5-8,12,14H,1-4H3. The van der Waals surface area contributed by atoms with E-state index in [1.54, 1.807) is 17.6 Å². The van der Waals surface area contributed by atoms with Gasteiger partial charge < -0.3 is 5.32 Å². The van der Waals surface area contributed by atoms with Crippen molar-refractivity contribution in [1.82, 2.24) is 14.1 Å². The Labute approximate surface area is 116 Å². The van der Waals surface area contributed by atoms with Gasteiger partial charge >= 0.3 is 0 Å². The van der Waals surface area contributed by atoms with E-state index in [1.165, 1.54) is 11.3 Å². The highest BCUT2D eigenvalue weighted by molar-refractivity contribution is 7.89. The maximum Gasteiger partial charge on any atom is 0.260 e. The van der Waals surface area contributed by atoms with Crippen molar-refractivity contribution in [3.8, 4) is 0 Å². The number of hydrogen-bond donors (Lipinski definition) is 2. The van der Waals surface area contributed by atoms with Gasteiger partial charge in [-0.05, 0) is 12.8 Å². The predicted octanol–water partition coefficient (Wildman–Crippen LogP) is 1.76. The second kappa shape index (κ2) is 5.10. The first kappa shape index (κ1) is 14.3. The molecule has 2 rings (SSSR count). The highest BCUT2D eigenvalue weighted by Crippen LogP contribution is 2.25. The average molecular weight is 302 g/mol. The number of fused-ring (bicyclic) bond motifs is 1. The smallest absolute Gasteiger partial charge is 0.260 e. The van der Waals surface area contributed by atoms with E-state index in [1.807, 2.05) is 26.2 Å². The van der Waals surface area contributed by atoms with Gasteiger partial charge in [0.1, 0.15) is 0 Å². The van der Waals surface area contributed by atoms with Gasteiger partial charge in [0.05, 0.1) is 0 Å². The fraction of sp³-hybridized carbons (Fsp3) is 0.545. The molecule has 0 fully saturated rings. The molecular formula is C11H18N4O2S2. The zero-order chi connectivity index (χ0) is 14.2. The van der Waals surface area contributed by atoms with Crippen LogP contribution in [-0.2, 0) is 10.0 Å². The van der Waals surface area contributed by atoms with Crippen molar-refractivity contribution >= 4 is 32.1 Å². The van der Waals surface area contributed by atoms with Crippen molar-refractivity contribution in [3.05, 3.63) is 11.6 Å². The number of imidazole rings is 1. The first-order valence-corrected chi connectivity index (χ1v) is 8.38. The molecule has 2 N–H and O–H groups in total. The summed E-state index contributed by atoms with van der Waals surface area (Å²) >= 11 is 1.40. The van der Waals surface area contributed by atoms with Crippen molar-refractivity contribution in [1.29, 1.82) is 0 Å². The van der Waals surface area contributed by atoms with Crippen molar-refractivity contribution in [2.75, 3.05) is 12.4 Å². The van der Waals surface area contributed by atoms with Gasteiger partial charge in [-0.2, -0.15) is 0 Å². The number of rotatable bonds is 5. The van der Waals surface area contributed by atoms with E-state index < -0.39 is 10.0 Å². The first-order valence-electron chi connectivity index (χ1n) is 6.02. The van der Waals surface area contributed by atoms with Gasteiger partial charge in [-0.1, -0.05) is 13.8 Å². The van der Waals surface area contributed by atoms with Gasteiger partial charge in [0.15, 0.2) is 15.8 Å². The molecule has 2 aromatic rings. The summed E-state index contributed by atoms with van der Waals surface area (Å²) in [6.07, 6.45) is 1.71. The van der Waals surface area contributed by atoms with Crippen LogP contribution in [0.2, 0.25) is 0 Å². The average Bonchev–Trinajstić information content (AvgIpc) is 2.86. The predicted molar refractivity (Wildman–Crippen MR) is 77.2 cm³/mol. The minimum atomic E-state index is -3.61. The third-order valence-electron chi connectivity index (χ3n) is 3.05. The molecule has 2 aromatic heterocycles. The van der Waals surface area contributed by atoms with Crippen LogP contribution in [0.25, 0.3) is 4.96 Å². The summed E-state index contributed by atoms with van der Waals surface area (Å²) in [5, 5.41) is 4.81. The molecule has 0 aliphatic carbocycles. The Kier molecular flexibility index (Phi) is 3.84. The van der Waals surface area contributed by atoms with E-state index in [-0.39, 0.29) is 17.0 Å². The fourth-order valence-corrected chi connectivity index (χ4v) is 4.07. The van der Waals surface area contributed by atoms with E-state index in [0.29, 0.717) is 10.8 Å². The number of nitrogens with zero attached hydrogens (tertiary/aromatic N) is 2. The summed E-state index contributed by atoms with van der Waals surface area (Å²) in [6, 6.07) is -0.140. The molecule has 8 heteroatoms. The molecule has 106 valence electrons. The summed E-state index contributed by atoms with van der Waals surface area (Å²) in [5.74, 6) is 0.592. The molecule has 0 aliphatic rings. The molecule has 19 heavy (non-hydrogen) atoms. The van der Waals surface area contributed by atoms with Crippen molar-refractivity contribution in [2.24, 2.45) is 5.92 Å². The molecule has 1 atom stereocenters. The molecule has 1 unspecified atom stereocenters. The van der Waals surface area contributed by atoms with E-state index in [2.05, 4.69) is 15.0 Å². The highest BCUT2D eigenvalue weighted by atomic mass is 32.2. The van der Waals surface area contributed by atoms with Gasteiger partial charge in [0, 0.05) is 24.7 Å². The lowest BCUT2D eigenvalue weighted by atomic mass is 10.1. The molecule has 0 amide bonds. The maximum atomic E-state index is 12.5. The third-order valence-corrected chi connectivity index (χ3v) is 5.39. The van der Waals surface area contributed by atoms with Crippen LogP contribution >= 0.6 is 11.3 Å². The highest BCUT2D eigenvalue weighted by Gasteiger charge is 2.27. The zero-order valence-electron chi connectivity index (χ0n) is 11.3. The van der Waals surface area contributed by atoms with Gasteiger partial charge in [-0.15, -0.1) is 11.3 Å². The van der Waals surface area contributed by atoms with Crippen LogP contribution in [0.15, 0.2) is 16.6 Å². The first-order chi connectivity index (χ1) is 8.86. The zero-order valence-corrected chi connectivity index (χ0v) is 13.0. The van der Waals surface area contributed by atoms with E-state index in [4.69, 9.17) is 0 Å². The Bertz CT molecular complexity index is 672. The van der Waals surface area contributed by atoms with Crippen LogP contribution in [0.4, 0.5) is 5.82 Å². The molecule has 0 bridgehead atoms. The second-order valence-electron chi connectivity index (χ2n) is 4.73. The van der Waals surface area contributed by atoms with Gasteiger partial charge in [0.25, 0.3) is 10.0 Å². The molecule has 0 aromatic carbocycles.